The molecule has 0 aromatic heterocycles. The van der Waals surface area contributed by atoms with E-state index in [1.807, 2.05) is 25.1 Å². The summed E-state index contributed by atoms with van der Waals surface area (Å²) in [6.07, 6.45) is 2.23. The highest BCUT2D eigenvalue weighted by atomic mass is 16.5. The van der Waals surface area contributed by atoms with E-state index in [0.29, 0.717) is 29.8 Å². The minimum Gasteiger partial charge on any atom is -0.496 e. The fraction of sp³-hybridized carbons (Fsp3) is 0.385. The van der Waals surface area contributed by atoms with Gasteiger partial charge in [0.2, 0.25) is 5.91 Å². The Morgan fingerprint density at radius 3 is 2.29 bits per heavy atom. The van der Waals surface area contributed by atoms with Gasteiger partial charge in [0.1, 0.15) is 5.75 Å². The highest BCUT2D eigenvalue weighted by Gasteiger charge is 2.43. The summed E-state index contributed by atoms with van der Waals surface area (Å²) in [6.45, 7) is 2.09. The molecule has 0 N–H and O–H groups in total. The Hall–Kier alpha value is -3.68. The molecule has 0 bridgehead atoms. The van der Waals surface area contributed by atoms with Crippen molar-refractivity contribution in [2.45, 2.75) is 38.6 Å². The van der Waals surface area contributed by atoms with Crippen molar-refractivity contribution in [2.75, 3.05) is 20.4 Å². The van der Waals surface area contributed by atoms with Crippen LogP contribution < -0.4 is 4.74 Å². The normalized spacial score (nSPS) is 19.9. The fourth-order valence-corrected chi connectivity index (χ4v) is 4.68. The van der Waals surface area contributed by atoms with Crippen LogP contribution in [0.4, 0.5) is 0 Å². The van der Waals surface area contributed by atoms with Gasteiger partial charge in [0, 0.05) is 18.5 Å². The number of fused-ring (bicyclic) bond motifs is 1. The molecular formula is C26H28N2O6. The van der Waals surface area contributed by atoms with Crippen LogP contribution >= 0.6 is 0 Å². The molecule has 2 heterocycles. The minimum absolute atomic E-state index is 0.0197. The molecule has 2 unspecified atom stereocenters. The Morgan fingerprint density at radius 1 is 1.00 bits per heavy atom. The van der Waals surface area contributed by atoms with E-state index in [1.165, 1.54) is 0 Å². The van der Waals surface area contributed by atoms with Crippen LogP contribution in [-0.4, -0.2) is 53.9 Å². The van der Waals surface area contributed by atoms with Crippen LogP contribution in [0.5, 0.6) is 5.75 Å². The van der Waals surface area contributed by atoms with Crippen LogP contribution in [0.15, 0.2) is 48.5 Å². The predicted molar refractivity (Wildman–Crippen MR) is 123 cm³/mol. The Labute approximate surface area is 198 Å². The number of carbonyl (C=O) groups excluding carboxylic acids is 4. The zero-order chi connectivity index (χ0) is 24.2. The van der Waals surface area contributed by atoms with Gasteiger partial charge in [0.25, 0.3) is 11.8 Å². The average Bonchev–Trinajstić information content (AvgIpc) is 3.11. The first-order valence-electron chi connectivity index (χ1n) is 11.5. The number of hydrogen-bond donors (Lipinski definition) is 0. The second-order valence-electron chi connectivity index (χ2n) is 8.45. The monoisotopic (exact) mass is 464 g/mol. The summed E-state index contributed by atoms with van der Waals surface area (Å²) in [4.78, 5) is 54.1. The molecule has 34 heavy (non-hydrogen) atoms. The van der Waals surface area contributed by atoms with E-state index in [9.17, 15) is 19.2 Å². The highest BCUT2D eigenvalue weighted by molar-refractivity contribution is 6.21. The summed E-state index contributed by atoms with van der Waals surface area (Å²) in [7, 11) is 1.55. The maximum Gasteiger partial charge on any atom is 0.313 e. The number of carbonyl (C=O) groups is 4. The van der Waals surface area contributed by atoms with E-state index in [4.69, 9.17) is 9.47 Å². The van der Waals surface area contributed by atoms with Gasteiger partial charge in [-0.3, -0.25) is 19.2 Å². The third kappa shape index (κ3) is 4.27. The van der Waals surface area contributed by atoms with Crippen molar-refractivity contribution in [3.05, 3.63) is 65.2 Å². The van der Waals surface area contributed by atoms with Gasteiger partial charge in [-0.15, -0.1) is 0 Å². The molecule has 1 fully saturated rings. The minimum atomic E-state index is -0.652. The van der Waals surface area contributed by atoms with Crippen LogP contribution in [0.3, 0.4) is 0 Å². The van der Waals surface area contributed by atoms with Gasteiger partial charge in [-0.2, -0.15) is 0 Å². The van der Waals surface area contributed by atoms with Gasteiger partial charge < -0.3 is 14.4 Å². The predicted octanol–water partition coefficient (Wildman–Crippen LogP) is 3.57. The number of piperidine rings is 1. The maximum absolute atomic E-state index is 13.3. The SMILES string of the molecule is CCCCN1C(=O)CCC(C(=O)OCN2C(=O)c3ccccc3C2=O)C1c1ccccc1OC. The number of unbranched alkanes of at least 4 members (excludes halogenated alkanes) is 1. The number of likely N-dealkylation sites (tertiary alicyclic amines) is 1. The fourth-order valence-electron chi connectivity index (χ4n) is 4.68. The molecule has 8 nitrogen and oxygen atoms in total. The highest BCUT2D eigenvalue weighted by Crippen LogP contribution is 2.41. The van der Waals surface area contributed by atoms with Crippen molar-refractivity contribution < 1.29 is 28.7 Å². The molecule has 178 valence electrons. The van der Waals surface area contributed by atoms with Crippen molar-refractivity contribution in [1.29, 1.82) is 0 Å². The van der Waals surface area contributed by atoms with Crippen molar-refractivity contribution in [1.82, 2.24) is 9.80 Å². The lowest BCUT2D eigenvalue weighted by atomic mass is 9.83. The number of esters is 1. The van der Waals surface area contributed by atoms with Gasteiger partial charge in [-0.25, -0.2) is 4.90 Å². The smallest absolute Gasteiger partial charge is 0.313 e. The largest absolute Gasteiger partial charge is 0.496 e. The number of para-hydroxylation sites is 1. The third-order valence-electron chi connectivity index (χ3n) is 6.43. The molecule has 0 spiro atoms. The Balaban J connectivity index is 1.57. The number of benzene rings is 2. The molecule has 3 amide bonds. The average molecular weight is 465 g/mol. The number of amides is 3. The van der Waals surface area contributed by atoms with Gasteiger partial charge in [-0.1, -0.05) is 43.7 Å². The molecule has 0 aliphatic carbocycles. The summed E-state index contributed by atoms with van der Waals surface area (Å²) in [5.74, 6) is -1.62. The molecule has 0 saturated carbocycles. The molecule has 2 aliphatic heterocycles. The van der Waals surface area contributed by atoms with Crippen LogP contribution in [0.25, 0.3) is 0 Å². The zero-order valence-corrected chi connectivity index (χ0v) is 19.4. The van der Waals surface area contributed by atoms with Crippen molar-refractivity contribution in [3.8, 4) is 5.75 Å². The van der Waals surface area contributed by atoms with Crippen LogP contribution in [0.1, 0.15) is 64.9 Å². The Bertz CT molecular complexity index is 1080. The van der Waals surface area contributed by atoms with Crippen molar-refractivity contribution >= 4 is 23.7 Å². The van der Waals surface area contributed by atoms with Crippen molar-refractivity contribution in [3.63, 3.8) is 0 Å². The number of hydrogen-bond acceptors (Lipinski definition) is 6. The number of nitrogens with zero attached hydrogens (tertiary/aromatic N) is 2. The molecule has 2 aromatic rings. The lowest BCUT2D eigenvalue weighted by Gasteiger charge is -2.41. The number of imide groups is 1. The van der Waals surface area contributed by atoms with Gasteiger partial charge in [0.15, 0.2) is 6.73 Å². The zero-order valence-electron chi connectivity index (χ0n) is 19.4. The number of ether oxygens (including phenoxy) is 2. The van der Waals surface area contributed by atoms with E-state index in [-0.39, 0.29) is 12.3 Å². The Kier molecular flexibility index (Phi) is 6.95. The summed E-state index contributed by atoms with van der Waals surface area (Å²) in [6, 6.07) is 13.3. The summed E-state index contributed by atoms with van der Waals surface area (Å²) in [5.41, 5.74) is 1.32. The molecule has 2 aliphatic rings. The molecule has 4 rings (SSSR count). The molecule has 2 aromatic carbocycles. The molecule has 8 heteroatoms. The summed E-state index contributed by atoms with van der Waals surface area (Å²) >= 11 is 0. The first-order valence-corrected chi connectivity index (χ1v) is 11.5. The lowest BCUT2D eigenvalue weighted by molar-refractivity contribution is -0.159. The molecule has 2 atom stereocenters. The van der Waals surface area contributed by atoms with Gasteiger partial charge >= 0.3 is 5.97 Å². The summed E-state index contributed by atoms with van der Waals surface area (Å²) < 4.78 is 11.0. The first kappa shape index (κ1) is 23.5. The molecule has 1 saturated heterocycles. The second kappa shape index (κ2) is 10.1. The van der Waals surface area contributed by atoms with E-state index in [2.05, 4.69) is 0 Å². The topological polar surface area (TPSA) is 93.2 Å². The number of rotatable bonds is 8. The maximum atomic E-state index is 13.3. The first-order chi connectivity index (χ1) is 16.5. The van der Waals surface area contributed by atoms with Gasteiger partial charge in [-0.05, 0) is 31.0 Å². The standard InChI is InChI=1S/C26H28N2O6/c1-3-4-15-27-22(29)14-13-20(23(27)19-11-7-8-12-21(19)33-2)26(32)34-16-28-24(30)17-9-5-6-10-18(17)25(28)31/h5-12,20,23H,3-4,13-16H2,1-2H3. The van der Waals surface area contributed by atoms with Crippen molar-refractivity contribution in [2.24, 2.45) is 5.92 Å². The molecular weight excluding hydrogens is 436 g/mol. The summed E-state index contributed by atoms with van der Waals surface area (Å²) in [5, 5.41) is 0. The quantitative estimate of drug-likeness (QED) is 0.438. The van der Waals surface area contributed by atoms with Crippen LogP contribution in [0.2, 0.25) is 0 Å². The third-order valence-corrected chi connectivity index (χ3v) is 6.43. The van der Waals surface area contributed by atoms with Crippen LogP contribution in [-0.2, 0) is 14.3 Å². The van der Waals surface area contributed by atoms with E-state index >= 15 is 0 Å². The Morgan fingerprint density at radius 2 is 1.65 bits per heavy atom. The van der Waals surface area contributed by atoms with Gasteiger partial charge in [0.05, 0.1) is 30.2 Å². The van der Waals surface area contributed by atoms with E-state index < -0.39 is 36.5 Å². The molecule has 0 radical (unpaired) electrons. The number of methoxy groups -OCH3 is 1. The lowest BCUT2D eigenvalue weighted by Crippen LogP contribution is -2.47. The second-order valence-corrected chi connectivity index (χ2v) is 8.45. The van der Waals surface area contributed by atoms with E-state index in [0.717, 1.165) is 23.3 Å². The van der Waals surface area contributed by atoms with E-state index in [1.54, 1.807) is 42.3 Å². The van der Waals surface area contributed by atoms with Crippen LogP contribution in [0, 0.1) is 5.92 Å².